The Balaban J connectivity index is 2.39. The Kier molecular flexibility index (Phi) is 3.69. The number of carbonyl (C=O) groups is 1. The van der Waals surface area contributed by atoms with Crippen LogP contribution in [-0.2, 0) is 10.2 Å². The van der Waals surface area contributed by atoms with Gasteiger partial charge in [-0.25, -0.2) is 14.8 Å². The molecule has 1 aliphatic carbocycles. The van der Waals surface area contributed by atoms with Gasteiger partial charge in [-0.15, -0.1) is 0 Å². The van der Waals surface area contributed by atoms with Crippen LogP contribution in [-0.4, -0.2) is 33.9 Å². The fraction of sp³-hybridized carbons (Fsp3) is 0.643. The monoisotopic (exact) mass is 279 g/mol. The summed E-state index contributed by atoms with van der Waals surface area (Å²) in [6.45, 7) is 5.96. The van der Waals surface area contributed by atoms with E-state index in [1.807, 2.05) is 20.8 Å². The van der Waals surface area contributed by atoms with Gasteiger partial charge in [0.15, 0.2) is 0 Å². The highest BCUT2D eigenvalue weighted by Gasteiger charge is 2.38. The summed E-state index contributed by atoms with van der Waals surface area (Å²) >= 11 is 0. The average Bonchev–Trinajstić information content (AvgIpc) is 2.32. The highest BCUT2D eigenvalue weighted by atomic mass is 16.5. The van der Waals surface area contributed by atoms with Crippen LogP contribution in [0, 0.1) is 0 Å². The van der Waals surface area contributed by atoms with Crippen molar-refractivity contribution in [2.45, 2.75) is 51.2 Å². The largest absolute Gasteiger partial charge is 0.477 e. The molecule has 1 aromatic heterocycles. The van der Waals surface area contributed by atoms with E-state index >= 15 is 0 Å². The lowest BCUT2D eigenvalue weighted by Crippen LogP contribution is -2.47. The number of methoxy groups -OCH3 is 1. The Morgan fingerprint density at radius 3 is 2.50 bits per heavy atom. The van der Waals surface area contributed by atoms with Crippen LogP contribution in [0.2, 0.25) is 0 Å². The third-order valence-electron chi connectivity index (χ3n) is 3.59. The predicted octanol–water partition coefficient (Wildman–Crippen LogP) is 2.41. The number of hydrogen-bond donors (Lipinski definition) is 2. The topological polar surface area (TPSA) is 84.3 Å². The number of ether oxygens (including phenoxy) is 1. The number of aromatic nitrogens is 2. The van der Waals surface area contributed by atoms with Gasteiger partial charge in [0.1, 0.15) is 22.9 Å². The van der Waals surface area contributed by atoms with Gasteiger partial charge in [0.2, 0.25) is 0 Å². The molecule has 0 saturated heterocycles. The van der Waals surface area contributed by atoms with Gasteiger partial charge in [-0.2, -0.15) is 0 Å². The maximum Gasteiger partial charge on any atom is 0.341 e. The van der Waals surface area contributed by atoms with Crippen LogP contribution in [0.15, 0.2) is 6.20 Å². The Hall–Kier alpha value is -1.69. The van der Waals surface area contributed by atoms with Crippen molar-refractivity contribution in [3.63, 3.8) is 0 Å². The lowest BCUT2D eigenvalue weighted by molar-refractivity contribution is -0.0476. The normalized spacial score (nSPS) is 17.4. The van der Waals surface area contributed by atoms with Crippen molar-refractivity contribution in [2.75, 3.05) is 12.4 Å². The number of nitrogens with zero attached hydrogens (tertiary/aromatic N) is 2. The number of carboxylic acid groups (broad SMARTS) is 1. The molecule has 0 unspecified atom stereocenters. The number of nitrogens with one attached hydrogen (secondary N) is 1. The molecule has 0 amide bonds. The van der Waals surface area contributed by atoms with Crippen LogP contribution >= 0.6 is 0 Å². The van der Waals surface area contributed by atoms with E-state index in [9.17, 15) is 9.90 Å². The zero-order valence-electron chi connectivity index (χ0n) is 12.4. The van der Waals surface area contributed by atoms with E-state index in [0.717, 1.165) is 19.3 Å². The minimum absolute atomic E-state index is 0.0707. The zero-order chi connectivity index (χ0) is 15.0. The Morgan fingerprint density at radius 2 is 2.10 bits per heavy atom. The van der Waals surface area contributed by atoms with Gasteiger partial charge in [0, 0.05) is 18.7 Å². The fourth-order valence-electron chi connectivity index (χ4n) is 2.09. The summed E-state index contributed by atoms with van der Waals surface area (Å²) in [4.78, 5) is 19.9. The standard InChI is InChI=1S/C14H21N3O3/c1-13(2,3)12-15-8-9(11(18)19)10(16-12)17-14(20-4)6-5-7-14/h8H,5-7H2,1-4H3,(H,18,19)(H,15,16,17). The summed E-state index contributed by atoms with van der Waals surface area (Å²) in [5.74, 6) is -0.104. The van der Waals surface area contributed by atoms with Crippen LogP contribution in [0.5, 0.6) is 0 Å². The number of rotatable bonds is 4. The van der Waals surface area contributed by atoms with Crippen LogP contribution in [0.4, 0.5) is 5.82 Å². The molecule has 6 nitrogen and oxygen atoms in total. The molecule has 1 aromatic rings. The highest BCUT2D eigenvalue weighted by molar-refractivity contribution is 5.92. The highest BCUT2D eigenvalue weighted by Crippen LogP contribution is 2.36. The van der Waals surface area contributed by atoms with E-state index < -0.39 is 11.7 Å². The van der Waals surface area contributed by atoms with Crippen molar-refractivity contribution in [2.24, 2.45) is 0 Å². The number of hydrogen-bond acceptors (Lipinski definition) is 5. The second-order valence-electron chi connectivity index (χ2n) is 6.19. The summed E-state index contributed by atoms with van der Waals surface area (Å²) in [7, 11) is 1.62. The molecule has 0 aliphatic heterocycles. The summed E-state index contributed by atoms with van der Waals surface area (Å²) < 4.78 is 5.47. The Morgan fingerprint density at radius 1 is 1.45 bits per heavy atom. The first-order valence-electron chi connectivity index (χ1n) is 6.71. The van der Waals surface area contributed by atoms with Crippen molar-refractivity contribution in [3.05, 3.63) is 17.6 Å². The first kappa shape index (κ1) is 14.7. The van der Waals surface area contributed by atoms with Crippen molar-refractivity contribution in [1.82, 2.24) is 9.97 Å². The minimum atomic E-state index is -1.04. The van der Waals surface area contributed by atoms with E-state index in [-0.39, 0.29) is 11.0 Å². The quantitative estimate of drug-likeness (QED) is 0.823. The molecule has 0 bridgehead atoms. The first-order valence-corrected chi connectivity index (χ1v) is 6.71. The minimum Gasteiger partial charge on any atom is -0.477 e. The average molecular weight is 279 g/mol. The second-order valence-corrected chi connectivity index (χ2v) is 6.19. The van der Waals surface area contributed by atoms with Crippen molar-refractivity contribution >= 4 is 11.8 Å². The second kappa shape index (κ2) is 5.01. The van der Waals surface area contributed by atoms with Crippen LogP contribution < -0.4 is 5.32 Å². The summed E-state index contributed by atoms with van der Waals surface area (Å²) in [6.07, 6.45) is 4.11. The number of anilines is 1. The maximum atomic E-state index is 11.3. The molecule has 20 heavy (non-hydrogen) atoms. The van der Waals surface area contributed by atoms with Gasteiger partial charge >= 0.3 is 5.97 Å². The lowest BCUT2D eigenvalue weighted by atomic mass is 9.88. The smallest absolute Gasteiger partial charge is 0.341 e. The molecule has 2 N–H and O–H groups in total. The Bertz CT molecular complexity index is 513. The van der Waals surface area contributed by atoms with Crippen molar-refractivity contribution in [1.29, 1.82) is 0 Å². The molecule has 1 saturated carbocycles. The molecule has 6 heteroatoms. The van der Waals surface area contributed by atoms with Crippen molar-refractivity contribution in [3.8, 4) is 0 Å². The molecule has 1 aliphatic rings. The van der Waals surface area contributed by atoms with Crippen molar-refractivity contribution < 1.29 is 14.6 Å². The molecular formula is C14H21N3O3. The third kappa shape index (κ3) is 2.75. The van der Waals surface area contributed by atoms with E-state index in [1.54, 1.807) is 7.11 Å². The summed E-state index contributed by atoms with van der Waals surface area (Å²) in [5, 5.41) is 12.4. The first-order chi connectivity index (χ1) is 9.27. The van der Waals surface area contributed by atoms with Gasteiger partial charge in [-0.1, -0.05) is 20.8 Å². The third-order valence-corrected chi connectivity index (χ3v) is 3.59. The number of carboxylic acids is 1. The molecule has 0 atom stereocenters. The van der Waals surface area contributed by atoms with E-state index in [2.05, 4.69) is 15.3 Å². The molecule has 0 spiro atoms. The molecule has 0 radical (unpaired) electrons. The van der Waals surface area contributed by atoms with Crippen LogP contribution in [0.3, 0.4) is 0 Å². The van der Waals surface area contributed by atoms with E-state index in [4.69, 9.17) is 4.74 Å². The van der Waals surface area contributed by atoms with Gasteiger partial charge in [0.05, 0.1) is 0 Å². The number of aromatic carboxylic acids is 1. The van der Waals surface area contributed by atoms with Crippen LogP contribution in [0.25, 0.3) is 0 Å². The molecule has 110 valence electrons. The lowest BCUT2D eigenvalue weighted by Gasteiger charge is -2.41. The fourth-order valence-corrected chi connectivity index (χ4v) is 2.09. The van der Waals surface area contributed by atoms with E-state index in [0.29, 0.717) is 11.6 Å². The van der Waals surface area contributed by atoms with Gasteiger partial charge in [-0.05, 0) is 19.3 Å². The molecule has 1 fully saturated rings. The van der Waals surface area contributed by atoms with Crippen LogP contribution in [0.1, 0.15) is 56.2 Å². The molecule has 1 heterocycles. The van der Waals surface area contributed by atoms with Gasteiger partial charge in [-0.3, -0.25) is 0 Å². The summed E-state index contributed by atoms with van der Waals surface area (Å²) in [5.41, 5.74) is -0.664. The maximum absolute atomic E-state index is 11.3. The molecular weight excluding hydrogens is 258 g/mol. The Labute approximate surface area is 118 Å². The van der Waals surface area contributed by atoms with Gasteiger partial charge < -0.3 is 15.2 Å². The predicted molar refractivity (Wildman–Crippen MR) is 74.9 cm³/mol. The molecule has 0 aromatic carbocycles. The SMILES string of the molecule is COC1(Nc2nc(C(C)(C)C)ncc2C(=O)O)CCC1. The van der Waals surface area contributed by atoms with E-state index in [1.165, 1.54) is 6.20 Å². The van der Waals surface area contributed by atoms with Gasteiger partial charge in [0.25, 0.3) is 0 Å². The summed E-state index contributed by atoms with van der Waals surface area (Å²) in [6, 6.07) is 0. The zero-order valence-corrected chi connectivity index (χ0v) is 12.4. The molecule has 2 rings (SSSR count).